The lowest BCUT2D eigenvalue weighted by Crippen LogP contribution is -2.37. The quantitative estimate of drug-likeness (QED) is 0.550. The average molecular weight is 206 g/mol. The van der Waals surface area contributed by atoms with Gasteiger partial charge in [0, 0.05) is 11.0 Å². The van der Waals surface area contributed by atoms with Gasteiger partial charge in [0.05, 0.1) is 0 Å². The second-order valence-corrected chi connectivity index (χ2v) is 4.54. The van der Waals surface area contributed by atoms with Gasteiger partial charge in [-0.3, -0.25) is 4.79 Å². The van der Waals surface area contributed by atoms with Crippen molar-refractivity contribution in [3.8, 4) is 0 Å². The highest BCUT2D eigenvalue weighted by Crippen LogP contribution is 2.19. The number of hydrogen-bond donors (Lipinski definition) is 2. The zero-order chi connectivity index (χ0) is 11.6. The first-order valence-electron chi connectivity index (χ1n) is 4.84. The molecule has 0 radical (unpaired) electrons. The van der Waals surface area contributed by atoms with Crippen LogP contribution in [0.1, 0.15) is 31.1 Å². The lowest BCUT2D eigenvalue weighted by Gasteiger charge is -2.18. The number of benzene rings is 1. The number of carbonyl (C=O) groups excluding carboxylic acids is 1. The molecule has 80 valence electrons. The molecular weight excluding hydrogens is 191 g/mol. The van der Waals surface area contributed by atoms with E-state index in [2.05, 4.69) is 0 Å². The molecule has 0 aliphatic carbocycles. The zero-order valence-corrected chi connectivity index (χ0v) is 9.19. The molecule has 2 N–H and O–H groups in total. The fourth-order valence-corrected chi connectivity index (χ4v) is 1.33. The monoisotopic (exact) mass is 206 g/mol. The largest absolute Gasteiger partial charge is 0.489 e. The molecule has 0 amide bonds. The second kappa shape index (κ2) is 4.17. The van der Waals surface area contributed by atoms with Gasteiger partial charge in [0.15, 0.2) is 5.78 Å². The van der Waals surface area contributed by atoms with Gasteiger partial charge < -0.3 is 10.0 Å². The molecular formula is C11H15BO3. The Balaban J connectivity index is 3.20. The maximum atomic E-state index is 12.0. The van der Waals surface area contributed by atoms with Crippen LogP contribution in [0.15, 0.2) is 24.3 Å². The van der Waals surface area contributed by atoms with E-state index in [4.69, 9.17) is 10.0 Å². The summed E-state index contributed by atoms with van der Waals surface area (Å²) in [6, 6.07) is 6.55. The Labute approximate surface area is 89.9 Å². The van der Waals surface area contributed by atoms with Crippen molar-refractivity contribution in [3.05, 3.63) is 29.8 Å². The van der Waals surface area contributed by atoms with Crippen LogP contribution in [0, 0.1) is 5.41 Å². The molecule has 0 saturated heterocycles. The van der Waals surface area contributed by atoms with Crippen LogP contribution in [-0.2, 0) is 0 Å². The van der Waals surface area contributed by atoms with E-state index in [9.17, 15) is 4.79 Å². The summed E-state index contributed by atoms with van der Waals surface area (Å²) in [5.74, 6) is -0.0915. The molecule has 0 aromatic heterocycles. The second-order valence-electron chi connectivity index (χ2n) is 4.54. The normalized spacial score (nSPS) is 11.3. The molecule has 4 heteroatoms. The van der Waals surface area contributed by atoms with Crippen molar-refractivity contribution in [1.29, 1.82) is 0 Å². The van der Waals surface area contributed by atoms with Crippen LogP contribution >= 0.6 is 0 Å². The van der Waals surface area contributed by atoms with Gasteiger partial charge in [-0.05, 0) is 5.46 Å². The van der Waals surface area contributed by atoms with Crippen LogP contribution in [0.3, 0.4) is 0 Å². The van der Waals surface area contributed by atoms with Gasteiger partial charge in [-0.2, -0.15) is 0 Å². The van der Waals surface area contributed by atoms with E-state index < -0.39 is 12.5 Å². The molecule has 1 rings (SSSR count). The highest BCUT2D eigenvalue weighted by atomic mass is 16.4. The van der Waals surface area contributed by atoms with Crippen molar-refractivity contribution in [2.75, 3.05) is 0 Å². The first-order chi connectivity index (χ1) is 6.84. The van der Waals surface area contributed by atoms with E-state index in [1.165, 1.54) is 0 Å². The van der Waals surface area contributed by atoms with Crippen molar-refractivity contribution < 1.29 is 14.8 Å². The van der Waals surface area contributed by atoms with Gasteiger partial charge >= 0.3 is 7.12 Å². The van der Waals surface area contributed by atoms with E-state index in [1.54, 1.807) is 45.0 Å². The topological polar surface area (TPSA) is 57.5 Å². The molecule has 1 aromatic rings. The Kier molecular flexibility index (Phi) is 3.32. The first kappa shape index (κ1) is 11.9. The molecule has 0 unspecified atom stereocenters. The summed E-state index contributed by atoms with van der Waals surface area (Å²) in [4.78, 5) is 12.0. The Hall–Kier alpha value is -1.13. The molecule has 0 saturated carbocycles. The highest BCUT2D eigenvalue weighted by Gasteiger charge is 2.27. The van der Waals surface area contributed by atoms with Crippen molar-refractivity contribution in [3.63, 3.8) is 0 Å². The number of carbonyl (C=O) groups is 1. The Bertz CT molecular complexity index is 366. The smallest absolute Gasteiger partial charge is 0.423 e. The lowest BCUT2D eigenvalue weighted by molar-refractivity contribution is 0.0859. The van der Waals surface area contributed by atoms with Crippen molar-refractivity contribution in [1.82, 2.24) is 0 Å². The number of ketones is 1. The maximum Gasteiger partial charge on any atom is 0.489 e. The molecule has 0 aliphatic rings. The molecule has 15 heavy (non-hydrogen) atoms. The summed E-state index contributed by atoms with van der Waals surface area (Å²) < 4.78 is 0. The third kappa shape index (κ3) is 2.67. The molecule has 0 fully saturated rings. The van der Waals surface area contributed by atoms with Gasteiger partial charge in [-0.25, -0.2) is 0 Å². The first-order valence-corrected chi connectivity index (χ1v) is 4.84. The van der Waals surface area contributed by atoms with E-state index >= 15 is 0 Å². The fourth-order valence-electron chi connectivity index (χ4n) is 1.33. The number of hydrogen-bond acceptors (Lipinski definition) is 3. The minimum absolute atomic E-state index is 0.0915. The molecule has 0 bridgehead atoms. The molecule has 0 spiro atoms. The Morgan fingerprint density at radius 1 is 1.20 bits per heavy atom. The van der Waals surface area contributed by atoms with Gasteiger partial charge in [0.2, 0.25) is 0 Å². The average Bonchev–Trinajstić information content (AvgIpc) is 2.15. The molecule has 0 aliphatic heterocycles. The van der Waals surface area contributed by atoms with Crippen LogP contribution < -0.4 is 5.46 Å². The molecule has 3 nitrogen and oxygen atoms in total. The lowest BCUT2D eigenvalue weighted by atomic mass is 9.73. The third-order valence-electron chi connectivity index (χ3n) is 2.16. The zero-order valence-electron chi connectivity index (χ0n) is 9.19. The third-order valence-corrected chi connectivity index (χ3v) is 2.16. The van der Waals surface area contributed by atoms with E-state index in [0.717, 1.165) is 0 Å². The minimum Gasteiger partial charge on any atom is -0.423 e. The van der Waals surface area contributed by atoms with Gasteiger partial charge in [0.25, 0.3) is 0 Å². The highest BCUT2D eigenvalue weighted by molar-refractivity contribution is 6.60. The Morgan fingerprint density at radius 3 is 2.20 bits per heavy atom. The molecule has 0 atom stereocenters. The number of Topliss-reactive ketones (excluding diaryl/α,β-unsaturated/α-hetero) is 1. The Morgan fingerprint density at radius 2 is 1.73 bits per heavy atom. The van der Waals surface area contributed by atoms with Crippen molar-refractivity contribution in [2.24, 2.45) is 5.41 Å². The van der Waals surface area contributed by atoms with Crippen LogP contribution in [0.5, 0.6) is 0 Å². The van der Waals surface area contributed by atoms with E-state index in [-0.39, 0.29) is 11.2 Å². The standard InChI is InChI=1S/C11H15BO3/c1-11(2,3)10(13)8-6-4-5-7-9(8)12(14)15/h4-7,14-15H,1-3H3. The maximum absolute atomic E-state index is 12.0. The fraction of sp³-hybridized carbons (Fsp3) is 0.364. The summed E-state index contributed by atoms with van der Waals surface area (Å²) in [6.07, 6.45) is 0. The van der Waals surface area contributed by atoms with Crippen LogP contribution in [0.4, 0.5) is 0 Å². The van der Waals surface area contributed by atoms with Crippen molar-refractivity contribution in [2.45, 2.75) is 20.8 Å². The summed E-state index contributed by atoms with van der Waals surface area (Å²) in [7, 11) is -1.60. The van der Waals surface area contributed by atoms with Gasteiger partial charge in [-0.15, -0.1) is 0 Å². The molecule has 1 aromatic carbocycles. The predicted molar refractivity (Wildman–Crippen MR) is 60.1 cm³/mol. The minimum atomic E-state index is -1.60. The van der Waals surface area contributed by atoms with Gasteiger partial charge in [-0.1, -0.05) is 45.0 Å². The van der Waals surface area contributed by atoms with Crippen molar-refractivity contribution >= 4 is 18.4 Å². The van der Waals surface area contributed by atoms with Gasteiger partial charge in [0.1, 0.15) is 0 Å². The van der Waals surface area contributed by atoms with E-state index in [1.807, 2.05) is 0 Å². The molecule has 0 heterocycles. The summed E-state index contributed by atoms with van der Waals surface area (Å²) in [5, 5.41) is 18.2. The predicted octanol–water partition coefficient (Wildman–Crippen LogP) is 0.595. The number of rotatable bonds is 2. The van der Waals surface area contributed by atoms with Crippen LogP contribution in [0.25, 0.3) is 0 Å². The van der Waals surface area contributed by atoms with Crippen LogP contribution in [0.2, 0.25) is 0 Å². The van der Waals surface area contributed by atoms with E-state index in [0.29, 0.717) is 5.56 Å². The summed E-state index contributed by atoms with van der Waals surface area (Å²) in [5.41, 5.74) is 0.114. The SMILES string of the molecule is CC(C)(C)C(=O)c1ccccc1B(O)O. The van der Waals surface area contributed by atoms with Crippen LogP contribution in [-0.4, -0.2) is 22.9 Å². The summed E-state index contributed by atoms with van der Waals surface area (Å²) >= 11 is 0. The summed E-state index contributed by atoms with van der Waals surface area (Å²) in [6.45, 7) is 5.40.